The van der Waals surface area contributed by atoms with Gasteiger partial charge < -0.3 is 10.1 Å². The molecule has 0 aliphatic heterocycles. The molecule has 0 radical (unpaired) electrons. The molecule has 1 N–H and O–H groups in total. The quantitative estimate of drug-likeness (QED) is 0.642. The lowest BCUT2D eigenvalue weighted by Gasteiger charge is -2.17. The van der Waals surface area contributed by atoms with Crippen LogP contribution in [0.4, 0.5) is 0 Å². The fraction of sp³-hybridized carbons (Fsp3) is 0.333. The summed E-state index contributed by atoms with van der Waals surface area (Å²) in [6.07, 6.45) is 6.48. The average molecular weight is 337 g/mol. The molecule has 0 heterocycles. The molecule has 0 aromatic heterocycles. The van der Waals surface area contributed by atoms with Gasteiger partial charge in [0.25, 0.3) is 5.91 Å². The van der Waals surface area contributed by atoms with Crippen LogP contribution >= 0.6 is 0 Å². The van der Waals surface area contributed by atoms with Crippen molar-refractivity contribution in [2.24, 2.45) is 5.92 Å². The molecule has 0 fully saturated rings. The van der Waals surface area contributed by atoms with Crippen LogP contribution in [0.3, 0.4) is 0 Å². The number of amides is 1. The second kappa shape index (κ2) is 7.97. The van der Waals surface area contributed by atoms with Gasteiger partial charge in [-0.3, -0.25) is 9.59 Å². The molecule has 130 valence electrons. The van der Waals surface area contributed by atoms with Crippen molar-refractivity contribution in [3.8, 4) is 0 Å². The van der Waals surface area contributed by atoms with Gasteiger partial charge in [0.05, 0.1) is 12.5 Å². The monoisotopic (exact) mass is 337 g/mol. The molecule has 2 atom stereocenters. The number of allylic oxidation sites excluding steroid dienone is 2. The molecule has 0 saturated carbocycles. The van der Waals surface area contributed by atoms with Gasteiger partial charge in [-0.1, -0.05) is 54.6 Å². The highest BCUT2D eigenvalue weighted by Crippen LogP contribution is 2.24. The molecular weight excluding hydrogens is 314 g/mol. The van der Waals surface area contributed by atoms with Gasteiger partial charge in [-0.2, -0.15) is 0 Å². The normalized spacial score (nSPS) is 17.4. The zero-order chi connectivity index (χ0) is 17.6. The predicted molar refractivity (Wildman–Crippen MR) is 97.9 cm³/mol. The van der Waals surface area contributed by atoms with E-state index in [1.54, 1.807) is 0 Å². The number of nitrogens with one attached hydrogen (secondary N) is 1. The van der Waals surface area contributed by atoms with Crippen LogP contribution in [0.25, 0.3) is 10.8 Å². The van der Waals surface area contributed by atoms with Crippen LogP contribution in [0, 0.1) is 5.92 Å². The summed E-state index contributed by atoms with van der Waals surface area (Å²) in [5.41, 5.74) is 1.05. The van der Waals surface area contributed by atoms with E-state index in [1.807, 2.05) is 55.5 Å². The third-order valence-electron chi connectivity index (χ3n) is 4.57. The summed E-state index contributed by atoms with van der Waals surface area (Å²) in [6.45, 7) is 1.70. The Morgan fingerprint density at radius 3 is 2.80 bits per heavy atom. The second-order valence-electron chi connectivity index (χ2n) is 6.49. The first-order chi connectivity index (χ1) is 12.1. The van der Waals surface area contributed by atoms with Gasteiger partial charge >= 0.3 is 5.97 Å². The van der Waals surface area contributed by atoms with E-state index in [0.29, 0.717) is 6.42 Å². The number of benzene rings is 2. The molecule has 0 bridgehead atoms. The summed E-state index contributed by atoms with van der Waals surface area (Å²) in [6, 6.07) is 14.0. The topological polar surface area (TPSA) is 55.4 Å². The van der Waals surface area contributed by atoms with Crippen LogP contribution in [0.2, 0.25) is 0 Å². The zero-order valence-corrected chi connectivity index (χ0v) is 14.4. The zero-order valence-electron chi connectivity index (χ0n) is 14.4. The highest BCUT2D eigenvalue weighted by Gasteiger charge is 2.17. The van der Waals surface area contributed by atoms with E-state index in [0.717, 1.165) is 29.2 Å². The molecule has 1 aliphatic rings. The first-order valence-electron chi connectivity index (χ1n) is 8.73. The van der Waals surface area contributed by atoms with Crippen molar-refractivity contribution >= 4 is 22.6 Å². The number of ether oxygens (including phenoxy) is 1. The fourth-order valence-electron chi connectivity index (χ4n) is 3.27. The van der Waals surface area contributed by atoms with Crippen molar-refractivity contribution in [1.29, 1.82) is 0 Å². The Morgan fingerprint density at radius 2 is 2.00 bits per heavy atom. The smallest absolute Gasteiger partial charge is 0.306 e. The molecule has 1 amide bonds. The Morgan fingerprint density at radius 1 is 1.20 bits per heavy atom. The van der Waals surface area contributed by atoms with Crippen LogP contribution < -0.4 is 5.32 Å². The Balaban J connectivity index is 1.53. The van der Waals surface area contributed by atoms with E-state index in [-0.39, 0.29) is 30.4 Å². The number of hydrogen-bond donors (Lipinski definition) is 1. The van der Waals surface area contributed by atoms with Gasteiger partial charge in [0.2, 0.25) is 0 Å². The highest BCUT2D eigenvalue weighted by atomic mass is 16.5. The minimum atomic E-state index is -0.315. The highest BCUT2D eigenvalue weighted by molar-refractivity contribution is 5.87. The largest absolute Gasteiger partial charge is 0.456 e. The lowest BCUT2D eigenvalue weighted by molar-refractivity contribution is -0.149. The molecule has 25 heavy (non-hydrogen) atoms. The maximum Gasteiger partial charge on any atom is 0.306 e. The minimum absolute atomic E-state index is 0.157. The standard InChI is InChI=1S/C21H23NO3/c1-15(18-12-6-10-17-9-4-5-11-19(17)18)22-20(23)14-25-21(24)13-16-7-2-3-8-16/h2,4-7,9-12,15-16H,3,8,13-14H2,1H3,(H,22,23)/t15-,16-/m1/s1. The lowest BCUT2D eigenvalue weighted by atomic mass is 10.00. The second-order valence-corrected chi connectivity index (χ2v) is 6.49. The van der Waals surface area contributed by atoms with Crippen LogP contribution in [-0.4, -0.2) is 18.5 Å². The summed E-state index contributed by atoms with van der Waals surface area (Å²) in [5.74, 6) is -0.342. The van der Waals surface area contributed by atoms with E-state index in [4.69, 9.17) is 4.74 Å². The molecule has 2 aromatic rings. The molecular formula is C21H23NO3. The van der Waals surface area contributed by atoms with E-state index in [2.05, 4.69) is 11.4 Å². The van der Waals surface area contributed by atoms with E-state index in [1.165, 1.54) is 0 Å². The number of hydrogen-bond acceptors (Lipinski definition) is 3. The van der Waals surface area contributed by atoms with Gasteiger partial charge in [0.1, 0.15) is 0 Å². The lowest BCUT2D eigenvalue weighted by Crippen LogP contribution is -2.31. The van der Waals surface area contributed by atoms with Crippen molar-refractivity contribution in [2.45, 2.75) is 32.2 Å². The minimum Gasteiger partial charge on any atom is -0.456 e. The Bertz CT molecular complexity index is 791. The van der Waals surface area contributed by atoms with Crippen LogP contribution in [0.15, 0.2) is 54.6 Å². The maximum absolute atomic E-state index is 12.1. The van der Waals surface area contributed by atoms with Crippen molar-refractivity contribution in [2.75, 3.05) is 6.61 Å². The molecule has 0 unspecified atom stereocenters. The molecule has 4 nitrogen and oxygen atoms in total. The number of carbonyl (C=O) groups is 2. The number of esters is 1. The summed E-state index contributed by atoms with van der Waals surface area (Å²) in [4.78, 5) is 23.9. The molecule has 4 heteroatoms. The maximum atomic E-state index is 12.1. The van der Waals surface area contributed by atoms with Crippen molar-refractivity contribution in [3.05, 3.63) is 60.2 Å². The molecule has 2 aromatic carbocycles. The molecule has 3 rings (SSSR count). The summed E-state index contributed by atoms with van der Waals surface area (Å²) < 4.78 is 5.11. The van der Waals surface area contributed by atoms with Gasteiger partial charge in [-0.05, 0) is 42.0 Å². The summed E-state index contributed by atoms with van der Waals surface area (Å²) in [7, 11) is 0. The third kappa shape index (κ3) is 4.47. The van der Waals surface area contributed by atoms with Crippen LogP contribution in [0.1, 0.15) is 37.8 Å². The first-order valence-corrected chi connectivity index (χ1v) is 8.73. The first kappa shape index (κ1) is 17.2. The Kier molecular flexibility index (Phi) is 5.49. The summed E-state index contributed by atoms with van der Waals surface area (Å²) in [5, 5.41) is 5.16. The van der Waals surface area contributed by atoms with Gasteiger partial charge in [0.15, 0.2) is 6.61 Å². The number of fused-ring (bicyclic) bond motifs is 1. The van der Waals surface area contributed by atoms with E-state index >= 15 is 0 Å². The van der Waals surface area contributed by atoms with Crippen molar-refractivity contribution < 1.29 is 14.3 Å². The number of rotatable bonds is 6. The molecule has 0 saturated heterocycles. The fourth-order valence-corrected chi connectivity index (χ4v) is 3.27. The van der Waals surface area contributed by atoms with Crippen LogP contribution in [0.5, 0.6) is 0 Å². The van der Waals surface area contributed by atoms with Gasteiger partial charge in [-0.25, -0.2) is 0 Å². The number of carbonyl (C=O) groups excluding carboxylic acids is 2. The Hall–Kier alpha value is -2.62. The average Bonchev–Trinajstić information content (AvgIpc) is 3.12. The van der Waals surface area contributed by atoms with Crippen molar-refractivity contribution in [3.63, 3.8) is 0 Å². The van der Waals surface area contributed by atoms with E-state index < -0.39 is 0 Å². The van der Waals surface area contributed by atoms with E-state index in [9.17, 15) is 9.59 Å². The third-order valence-corrected chi connectivity index (χ3v) is 4.57. The predicted octanol–water partition coefficient (Wildman–Crippen LogP) is 3.92. The summed E-state index contributed by atoms with van der Waals surface area (Å²) >= 11 is 0. The SMILES string of the molecule is C[C@@H](NC(=O)COC(=O)C[C@@H]1C=CCC1)c1cccc2ccccc12. The Labute approximate surface area is 147 Å². The van der Waals surface area contributed by atoms with Crippen molar-refractivity contribution in [1.82, 2.24) is 5.32 Å². The molecule has 1 aliphatic carbocycles. The molecule has 0 spiro atoms. The van der Waals surface area contributed by atoms with Crippen LogP contribution in [-0.2, 0) is 14.3 Å². The van der Waals surface area contributed by atoms with Gasteiger partial charge in [0, 0.05) is 0 Å². The van der Waals surface area contributed by atoms with Gasteiger partial charge in [-0.15, -0.1) is 0 Å².